The molecule has 6 nitrogen and oxygen atoms in total. The topological polar surface area (TPSA) is 46.8 Å². The average molecular weight is 763 g/mol. The molecule has 0 saturated heterocycles. The number of hydrogen-bond acceptors (Lipinski definition) is 4. The van der Waals surface area contributed by atoms with Gasteiger partial charge in [0.15, 0.2) is 16.6 Å². The molecule has 0 amide bonds. The van der Waals surface area contributed by atoms with E-state index in [0.717, 1.165) is 38.5 Å². The predicted octanol–water partition coefficient (Wildman–Crippen LogP) is 13.1. The number of fused-ring (bicyclic) bond motifs is 2. The van der Waals surface area contributed by atoms with Crippen LogP contribution in [0.2, 0.25) is 39.3 Å². The van der Waals surface area contributed by atoms with Gasteiger partial charge in [-0.05, 0) is 124 Å². The highest BCUT2D eigenvalue weighted by Gasteiger charge is 2.25. The van der Waals surface area contributed by atoms with E-state index in [1.165, 1.54) is 32.9 Å². The quantitative estimate of drug-likeness (QED) is 0.0818. The molecule has 0 spiro atoms. The van der Waals surface area contributed by atoms with Gasteiger partial charge in [0.05, 0.1) is 23.2 Å². The zero-order chi connectivity index (χ0) is 38.6. The standard InChI is InChI=1S/C25H32N2O2Si.C21H30O2Si/c1-28-24(26-18-16-20-10-5-7-12-22(20)26)14-9-15-25(29-30(2,3)4)27-19-17-21-11-6-8-13-23(21)27;1-22-20(18-12-7-5-8-13-18)16-11-17-21(23-24(2,3)4)19-14-9-6-10-15-19/h5-8,10-13,16-19,24-25H,9,14-15H2,1-4H3;5-10,12-15,20-21H,11,16-17H2,1-4H3. The summed E-state index contributed by atoms with van der Waals surface area (Å²) in [5.41, 5.74) is 4.99. The van der Waals surface area contributed by atoms with Crippen molar-refractivity contribution in [2.75, 3.05) is 14.2 Å². The largest absolute Gasteiger partial charge is 0.411 e. The van der Waals surface area contributed by atoms with Gasteiger partial charge in [-0.2, -0.15) is 0 Å². The summed E-state index contributed by atoms with van der Waals surface area (Å²) >= 11 is 0. The average Bonchev–Trinajstić information content (AvgIpc) is 3.79. The molecular formula is C46H62N2O4Si2. The van der Waals surface area contributed by atoms with Gasteiger partial charge in [0.25, 0.3) is 0 Å². The van der Waals surface area contributed by atoms with Gasteiger partial charge in [0.2, 0.25) is 0 Å². The Labute approximate surface area is 326 Å². The van der Waals surface area contributed by atoms with Gasteiger partial charge < -0.3 is 27.5 Å². The van der Waals surface area contributed by atoms with Crippen molar-refractivity contribution in [1.29, 1.82) is 0 Å². The molecule has 4 atom stereocenters. The minimum absolute atomic E-state index is 0.0267. The fourth-order valence-corrected chi connectivity index (χ4v) is 9.33. The lowest BCUT2D eigenvalue weighted by Gasteiger charge is -2.29. The smallest absolute Gasteiger partial charge is 0.186 e. The highest BCUT2D eigenvalue weighted by atomic mass is 28.4. The van der Waals surface area contributed by atoms with Crippen LogP contribution in [0.4, 0.5) is 0 Å². The van der Waals surface area contributed by atoms with Gasteiger partial charge in [0, 0.05) is 26.6 Å². The normalized spacial score (nSPS) is 14.4. The van der Waals surface area contributed by atoms with Crippen LogP contribution in [-0.2, 0) is 18.3 Å². The third-order valence-electron chi connectivity index (χ3n) is 9.60. The number of aromatic nitrogens is 2. The first-order valence-corrected chi connectivity index (χ1v) is 26.4. The van der Waals surface area contributed by atoms with Crippen LogP contribution in [-0.4, -0.2) is 40.0 Å². The summed E-state index contributed by atoms with van der Waals surface area (Å²) < 4.78 is 29.2. The van der Waals surface area contributed by atoms with E-state index in [1.54, 1.807) is 14.2 Å². The molecule has 6 rings (SSSR count). The number of rotatable bonds is 18. The van der Waals surface area contributed by atoms with Crippen molar-refractivity contribution in [1.82, 2.24) is 9.13 Å². The third-order valence-corrected chi connectivity index (χ3v) is 11.6. The molecule has 2 aromatic heterocycles. The Hall–Kier alpha value is -3.77. The second-order valence-corrected chi connectivity index (χ2v) is 25.0. The minimum Gasteiger partial charge on any atom is -0.411 e. The lowest BCUT2D eigenvalue weighted by atomic mass is 9.99. The Bertz CT molecular complexity index is 1960. The Morgan fingerprint density at radius 2 is 0.870 bits per heavy atom. The summed E-state index contributed by atoms with van der Waals surface area (Å²) in [7, 11) is 0.317. The first-order chi connectivity index (χ1) is 26.0. The van der Waals surface area contributed by atoms with Gasteiger partial charge in [0.1, 0.15) is 12.5 Å². The SMILES string of the molecule is COC(CCCC(O[Si](C)(C)C)c1ccccc1)c1ccccc1.COC(CCCC(O[Si](C)(C)C)n1ccc2ccccc21)n1ccc2ccccc21. The van der Waals surface area contributed by atoms with Crippen molar-refractivity contribution in [2.24, 2.45) is 0 Å². The van der Waals surface area contributed by atoms with Gasteiger partial charge >= 0.3 is 0 Å². The molecule has 0 aliphatic carbocycles. The lowest BCUT2D eigenvalue weighted by Crippen LogP contribution is -2.30. The van der Waals surface area contributed by atoms with Gasteiger partial charge in [-0.15, -0.1) is 0 Å². The number of nitrogens with zero attached hydrogens (tertiary/aromatic N) is 2. The lowest BCUT2D eigenvalue weighted by molar-refractivity contribution is 0.0321. The van der Waals surface area contributed by atoms with E-state index in [4.69, 9.17) is 18.3 Å². The monoisotopic (exact) mass is 762 g/mol. The van der Waals surface area contributed by atoms with E-state index >= 15 is 0 Å². The molecule has 0 aliphatic rings. The number of ether oxygens (including phenoxy) is 2. The van der Waals surface area contributed by atoms with Crippen LogP contribution in [0.5, 0.6) is 0 Å². The first kappa shape index (κ1) is 41.4. The maximum absolute atomic E-state index is 6.62. The molecule has 288 valence electrons. The van der Waals surface area contributed by atoms with Crippen LogP contribution in [0, 0.1) is 0 Å². The van der Waals surface area contributed by atoms with Crippen LogP contribution in [0.3, 0.4) is 0 Å². The van der Waals surface area contributed by atoms with E-state index in [1.807, 2.05) is 6.07 Å². The van der Waals surface area contributed by atoms with Crippen molar-refractivity contribution in [3.8, 4) is 0 Å². The summed E-state index contributed by atoms with van der Waals surface area (Å²) in [5.74, 6) is 0. The van der Waals surface area contributed by atoms with Crippen molar-refractivity contribution in [3.05, 3.63) is 145 Å². The Balaban J connectivity index is 0.000000213. The Kier molecular flexibility index (Phi) is 15.1. The van der Waals surface area contributed by atoms with E-state index in [0.29, 0.717) is 0 Å². The van der Waals surface area contributed by atoms with Gasteiger partial charge in [-0.1, -0.05) is 97.1 Å². The van der Waals surface area contributed by atoms with E-state index in [9.17, 15) is 0 Å². The van der Waals surface area contributed by atoms with Crippen LogP contribution in [0.15, 0.2) is 134 Å². The predicted molar refractivity (Wildman–Crippen MR) is 231 cm³/mol. The zero-order valence-electron chi connectivity index (χ0n) is 33.8. The second kappa shape index (κ2) is 19.7. The third kappa shape index (κ3) is 12.1. The van der Waals surface area contributed by atoms with Crippen molar-refractivity contribution >= 4 is 38.4 Å². The van der Waals surface area contributed by atoms with E-state index < -0.39 is 16.6 Å². The molecule has 0 aliphatic heterocycles. The van der Waals surface area contributed by atoms with Crippen LogP contribution in [0.25, 0.3) is 21.8 Å². The van der Waals surface area contributed by atoms with E-state index in [-0.39, 0.29) is 24.7 Å². The fourth-order valence-electron chi connectivity index (χ4n) is 7.18. The highest BCUT2D eigenvalue weighted by Crippen LogP contribution is 2.32. The molecule has 2 heterocycles. The summed E-state index contributed by atoms with van der Waals surface area (Å²) in [6, 6.07) is 42.4. The molecule has 0 saturated carbocycles. The molecule has 0 bridgehead atoms. The summed E-state index contributed by atoms with van der Waals surface area (Å²) in [6.07, 6.45) is 10.8. The molecule has 6 aromatic rings. The molecule has 4 aromatic carbocycles. The summed E-state index contributed by atoms with van der Waals surface area (Å²) in [5, 5.41) is 2.51. The minimum atomic E-state index is -1.70. The summed E-state index contributed by atoms with van der Waals surface area (Å²) in [6.45, 7) is 13.5. The molecule has 8 heteroatoms. The maximum Gasteiger partial charge on any atom is 0.186 e. The Morgan fingerprint density at radius 1 is 0.444 bits per heavy atom. The second-order valence-electron chi connectivity index (χ2n) is 16.1. The van der Waals surface area contributed by atoms with Crippen molar-refractivity contribution in [2.45, 2.75) is 102 Å². The van der Waals surface area contributed by atoms with Gasteiger partial charge in [-0.25, -0.2) is 0 Å². The van der Waals surface area contributed by atoms with Crippen LogP contribution in [0.1, 0.15) is 74.3 Å². The summed E-state index contributed by atoms with van der Waals surface area (Å²) in [4.78, 5) is 0. The highest BCUT2D eigenvalue weighted by molar-refractivity contribution is 6.70. The first-order valence-electron chi connectivity index (χ1n) is 19.6. The number of methoxy groups -OCH3 is 2. The zero-order valence-corrected chi connectivity index (χ0v) is 35.8. The Morgan fingerprint density at radius 3 is 1.37 bits per heavy atom. The van der Waals surface area contributed by atoms with Crippen LogP contribution < -0.4 is 0 Å². The van der Waals surface area contributed by atoms with Gasteiger partial charge in [-0.3, -0.25) is 0 Å². The van der Waals surface area contributed by atoms with Crippen molar-refractivity contribution < 1.29 is 18.3 Å². The van der Waals surface area contributed by atoms with E-state index in [2.05, 4.69) is 176 Å². The molecular weight excluding hydrogens is 701 g/mol. The molecule has 0 N–H and O–H groups in total. The number of hydrogen-bond donors (Lipinski definition) is 0. The van der Waals surface area contributed by atoms with Crippen LogP contribution >= 0.6 is 0 Å². The molecule has 54 heavy (non-hydrogen) atoms. The van der Waals surface area contributed by atoms with Crippen molar-refractivity contribution in [3.63, 3.8) is 0 Å². The fraction of sp³-hybridized carbons (Fsp3) is 0.391. The molecule has 4 unspecified atom stereocenters. The number of para-hydroxylation sites is 2. The molecule has 0 fully saturated rings. The molecule has 0 radical (unpaired) electrons. The number of benzene rings is 4. The maximum atomic E-state index is 6.62.